The largest absolute Gasteiger partial charge is 0.444 e. The van der Waals surface area contributed by atoms with Gasteiger partial charge >= 0.3 is 6.09 Å². The van der Waals surface area contributed by atoms with Crippen molar-refractivity contribution in [3.05, 3.63) is 0 Å². The Morgan fingerprint density at radius 2 is 1.71 bits per heavy atom. The molecule has 5 N–H and O–H groups in total. The summed E-state index contributed by atoms with van der Waals surface area (Å²) in [4.78, 5) is 24.2. The Morgan fingerprint density at radius 1 is 1.14 bits per heavy atom. The van der Waals surface area contributed by atoms with Crippen molar-refractivity contribution in [2.75, 3.05) is 0 Å². The van der Waals surface area contributed by atoms with Gasteiger partial charge in [0.05, 0.1) is 18.1 Å². The smallest absolute Gasteiger partial charge is 0.407 e. The van der Waals surface area contributed by atoms with Crippen molar-refractivity contribution in [2.24, 2.45) is 23.5 Å². The van der Waals surface area contributed by atoms with Crippen LogP contribution in [0.3, 0.4) is 0 Å². The van der Waals surface area contributed by atoms with Crippen LogP contribution in [0.4, 0.5) is 4.79 Å². The first-order valence-electron chi connectivity index (χ1n) is 10.6. The molecule has 1 aliphatic rings. The molecule has 164 valence electrons. The normalized spacial score (nSPS) is 21.2. The Morgan fingerprint density at radius 3 is 2.18 bits per heavy atom. The molecule has 1 aliphatic carbocycles. The van der Waals surface area contributed by atoms with Gasteiger partial charge in [-0.15, -0.1) is 0 Å². The summed E-state index contributed by atoms with van der Waals surface area (Å²) in [6.45, 7) is 9.07. The molecule has 0 spiro atoms. The number of nitrogens with one attached hydrogen (secondary N) is 1. The molecule has 0 saturated heterocycles. The molecule has 0 aromatic heterocycles. The van der Waals surface area contributed by atoms with Crippen LogP contribution in [-0.2, 0) is 9.53 Å². The predicted molar refractivity (Wildman–Crippen MR) is 109 cm³/mol. The minimum atomic E-state index is -1.34. The zero-order valence-electron chi connectivity index (χ0n) is 18.1. The number of carbonyl (C=O) groups excluding carboxylic acids is 2. The highest BCUT2D eigenvalue weighted by atomic mass is 16.6. The molecular weight excluding hydrogens is 360 g/mol. The van der Waals surface area contributed by atoms with E-state index in [9.17, 15) is 19.8 Å². The van der Waals surface area contributed by atoms with Gasteiger partial charge in [-0.1, -0.05) is 52.4 Å². The summed E-state index contributed by atoms with van der Waals surface area (Å²) in [6, 6.07) is -0.747. The molecule has 1 fully saturated rings. The van der Waals surface area contributed by atoms with E-state index >= 15 is 0 Å². The summed E-state index contributed by atoms with van der Waals surface area (Å²) in [5.74, 6) is -1.25. The van der Waals surface area contributed by atoms with E-state index in [1.54, 1.807) is 20.8 Å². The molecule has 1 unspecified atom stereocenters. The van der Waals surface area contributed by atoms with Crippen LogP contribution in [0.2, 0.25) is 0 Å². The van der Waals surface area contributed by atoms with Crippen molar-refractivity contribution in [2.45, 2.75) is 103 Å². The number of aliphatic hydroxyl groups is 2. The average molecular weight is 401 g/mol. The summed E-state index contributed by atoms with van der Waals surface area (Å²) in [7, 11) is 0. The molecule has 28 heavy (non-hydrogen) atoms. The molecular formula is C21H40N2O5. The minimum absolute atomic E-state index is 0.125. The van der Waals surface area contributed by atoms with E-state index in [0.29, 0.717) is 18.8 Å². The Hall–Kier alpha value is -1.34. The first-order chi connectivity index (χ1) is 13.0. The number of hydrogen-bond donors (Lipinski definition) is 4. The number of hydrogen-bond acceptors (Lipinski definition) is 5. The molecule has 1 rings (SSSR count). The molecule has 0 aromatic carbocycles. The van der Waals surface area contributed by atoms with Crippen LogP contribution < -0.4 is 11.1 Å². The van der Waals surface area contributed by atoms with Crippen LogP contribution in [0, 0.1) is 17.8 Å². The zero-order chi connectivity index (χ0) is 21.5. The Bertz CT molecular complexity index is 500. The topological polar surface area (TPSA) is 122 Å². The molecule has 7 nitrogen and oxygen atoms in total. The predicted octanol–water partition coefficient (Wildman–Crippen LogP) is 2.72. The summed E-state index contributed by atoms with van der Waals surface area (Å²) in [5, 5.41) is 24.3. The number of alkyl carbamates (subject to hydrolysis) is 1. The molecule has 1 saturated carbocycles. The van der Waals surface area contributed by atoms with Gasteiger partial charge in [-0.3, -0.25) is 4.79 Å². The van der Waals surface area contributed by atoms with E-state index < -0.39 is 41.8 Å². The Labute approximate surface area is 169 Å². The number of amides is 2. The highest BCUT2D eigenvalue weighted by Crippen LogP contribution is 2.31. The van der Waals surface area contributed by atoms with Gasteiger partial charge in [-0.25, -0.2) is 4.79 Å². The summed E-state index contributed by atoms with van der Waals surface area (Å²) >= 11 is 0. The molecule has 0 aliphatic heterocycles. The van der Waals surface area contributed by atoms with E-state index in [4.69, 9.17) is 10.5 Å². The molecule has 0 heterocycles. The van der Waals surface area contributed by atoms with Gasteiger partial charge in [-0.05, 0) is 39.0 Å². The monoisotopic (exact) mass is 400 g/mol. The van der Waals surface area contributed by atoms with E-state index in [0.717, 1.165) is 25.7 Å². The third kappa shape index (κ3) is 7.95. The number of primary amides is 1. The van der Waals surface area contributed by atoms with E-state index in [2.05, 4.69) is 5.32 Å². The van der Waals surface area contributed by atoms with Gasteiger partial charge in [0.25, 0.3) is 0 Å². The third-order valence-electron chi connectivity index (χ3n) is 5.75. The van der Waals surface area contributed by atoms with Crippen LogP contribution in [0.25, 0.3) is 0 Å². The number of nitrogens with two attached hydrogens (primary N) is 1. The lowest BCUT2D eigenvalue weighted by Crippen LogP contribution is -2.55. The van der Waals surface area contributed by atoms with E-state index in [1.165, 1.54) is 6.42 Å². The van der Waals surface area contributed by atoms with Crippen LogP contribution in [-0.4, -0.2) is 46.1 Å². The van der Waals surface area contributed by atoms with Crippen LogP contribution in [0.1, 0.15) is 79.6 Å². The fourth-order valence-electron chi connectivity index (χ4n) is 3.92. The Kier molecular flexibility index (Phi) is 9.70. The van der Waals surface area contributed by atoms with Crippen LogP contribution in [0.5, 0.6) is 0 Å². The quantitative estimate of drug-likeness (QED) is 0.474. The number of rotatable bonds is 9. The average Bonchev–Trinajstić information content (AvgIpc) is 2.61. The van der Waals surface area contributed by atoms with Crippen molar-refractivity contribution in [3.63, 3.8) is 0 Å². The lowest BCUT2D eigenvalue weighted by molar-refractivity contribution is -0.131. The van der Waals surface area contributed by atoms with Crippen molar-refractivity contribution in [3.8, 4) is 0 Å². The lowest BCUT2D eigenvalue weighted by Gasteiger charge is -2.36. The maximum absolute atomic E-state index is 12.2. The van der Waals surface area contributed by atoms with Gasteiger partial charge in [0, 0.05) is 0 Å². The van der Waals surface area contributed by atoms with Gasteiger partial charge in [0.2, 0.25) is 5.91 Å². The maximum atomic E-state index is 12.2. The second kappa shape index (κ2) is 11.0. The molecule has 7 heteroatoms. The molecule has 0 aromatic rings. The van der Waals surface area contributed by atoms with Gasteiger partial charge in [-0.2, -0.15) is 0 Å². The van der Waals surface area contributed by atoms with Crippen molar-refractivity contribution in [1.82, 2.24) is 5.32 Å². The van der Waals surface area contributed by atoms with Crippen molar-refractivity contribution >= 4 is 12.0 Å². The molecule has 2 amide bonds. The zero-order valence-corrected chi connectivity index (χ0v) is 18.1. The van der Waals surface area contributed by atoms with Gasteiger partial charge in [0.15, 0.2) is 0 Å². The number of aliphatic hydroxyl groups excluding tert-OH is 2. The highest BCUT2D eigenvalue weighted by molar-refractivity contribution is 5.77. The first-order valence-corrected chi connectivity index (χ1v) is 10.6. The standard InChI is InChI=1S/C21H40N2O5/c1-6-13(2)16(23-20(27)28-21(3,4)5)18(25)17(24)15(19(22)26)12-14-10-8-7-9-11-14/h13-18,24-25H,6-12H2,1-5H3,(H2,22,26)(H,23,27)/t13?,15-,16-,17-,18-/m0/s1. The number of ether oxygens (including phenoxy) is 1. The molecule has 5 atom stereocenters. The SMILES string of the molecule is CCC(C)[C@H](NC(=O)OC(C)(C)C)[C@H](O)[C@@H](O)[C@H](CC1CCCCC1)C(N)=O. The van der Waals surface area contributed by atoms with Gasteiger partial charge < -0.3 is 26.0 Å². The van der Waals surface area contributed by atoms with Crippen LogP contribution in [0.15, 0.2) is 0 Å². The summed E-state index contributed by atoms with van der Waals surface area (Å²) < 4.78 is 5.29. The first kappa shape index (κ1) is 24.7. The van der Waals surface area contributed by atoms with Gasteiger partial charge in [0.1, 0.15) is 11.7 Å². The fourth-order valence-corrected chi connectivity index (χ4v) is 3.92. The second-order valence-electron chi connectivity index (χ2n) is 9.29. The summed E-state index contributed by atoms with van der Waals surface area (Å²) in [5.41, 5.74) is 4.89. The number of carbonyl (C=O) groups is 2. The van der Waals surface area contributed by atoms with Crippen LogP contribution >= 0.6 is 0 Å². The maximum Gasteiger partial charge on any atom is 0.407 e. The second-order valence-corrected chi connectivity index (χ2v) is 9.29. The molecule has 0 bridgehead atoms. The van der Waals surface area contributed by atoms with E-state index in [1.807, 2.05) is 13.8 Å². The Balaban J connectivity index is 2.88. The summed E-state index contributed by atoms with van der Waals surface area (Å²) in [6.07, 6.45) is 3.27. The fraction of sp³-hybridized carbons (Fsp3) is 0.905. The van der Waals surface area contributed by atoms with Crippen molar-refractivity contribution < 1.29 is 24.5 Å². The lowest BCUT2D eigenvalue weighted by atomic mass is 9.78. The highest BCUT2D eigenvalue weighted by Gasteiger charge is 2.39. The molecule has 0 radical (unpaired) electrons. The minimum Gasteiger partial charge on any atom is -0.444 e. The van der Waals surface area contributed by atoms with Crippen molar-refractivity contribution in [1.29, 1.82) is 0 Å². The third-order valence-corrected chi connectivity index (χ3v) is 5.75. The van der Waals surface area contributed by atoms with E-state index in [-0.39, 0.29) is 5.92 Å².